The van der Waals surface area contributed by atoms with Gasteiger partial charge in [0.05, 0.1) is 13.2 Å². The summed E-state index contributed by atoms with van der Waals surface area (Å²) in [5, 5.41) is -16.9. The van der Waals surface area contributed by atoms with Gasteiger partial charge in [0, 0.05) is 0 Å². The molecule has 0 N–H and O–H groups in total. The number of hydrogen-bond donors (Lipinski definition) is 0. The van der Waals surface area contributed by atoms with Crippen molar-refractivity contribution in [2.45, 2.75) is 100 Å². The van der Waals surface area contributed by atoms with Crippen LogP contribution in [0.25, 0.3) is 0 Å². The molecule has 0 aromatic heterocycles. The molecule has 6 nitrogen and oxygen atoms in total. The molecule has 0 unspecified atom stereocenters. The van der Waals surface area contributed by atoms with Crippen LogP contribution >= 0.6 is 0 Å². The van der Waals surface area contributed by atoms with E-state index in [1.54, 1.807) is 0 Å². The highest BCUT2D eigenvalue weighted by molar-refractivity contribution is 7.88. The fourth-order valence-electron chi connectivity index (χ4n) is 3.16. The van der Waals surface area contributed by atoms with Gasteiger partial charge in [-0.3, -0.25) is 8.37 Å². The van der Waals surface area contributed by atoms with Gasteiger partial charge in [-0.2, -0.15) is 166 Å². The Balaban J connectivity index is 6.57. The van der Waals surface area contributed by atoms with E-state index in [4.69, 9.17) is 0 Å². The van der Waals surface area contributed by atoms with Gasteiger partial charge >= 0.3 is 114 Å². The molecule has 0 rings (SSSR count). The lowest BCUT2D eigenvalue weighted by atomic mass is 9.91. The maximum absolute atomic E-state index is 13.9. The monoisotopic (exact) mass is 1040 g/mol. The Morgan fingerprint density at radius 1 is 0.246 bits per heavy atom. The van der Waals surface area contributed by atoms with Crippen molar-refractivity contribution >= 4 is 20.2 Å². The van der Waals surface area contributed by atoms with E-state index in [-0.39, 0.29) is 0 Å². The second-order valence-electron chi connectivity index (χ2n) is 10.8. The summed E-state index contributed by atoms with van der Waals surface area (Å²) in [5.41, 5.74) is 0. The maximum Gasteiger partial charge on any atom is 0.460 e. The first-order chi connectivity index (χ1) is 25.7. The molecule has 0 saturated carbocycles. The minimum absolute atomic E-state index is 2.55. The fourth-order valence-corrected chi connectivity index (χ4v) is 5.01. The molecule has 0 fully saturated rings. The highest BCUT2D eigenvalue weighted by Crippen LogP contribution is 2.66. The van der Waals surface area contributed by atoms with Crippen molar-refractivity contribution in [2.24, 2.45) is 0 Å². The van der Waals surface area contributed by atoms with Crippen molar-refractivity contribution in [1.29, 1.82) is 0 Å². The molecule has 0 aliphatic heterocycles. The van der Waals surface area contributed by atoms with Crippen molar-refractivity contribution in [3.05, 3.63) is 0 Å². The van der Waals surface area contributed by atoms with E-state index in [1.807, 2.05) is 0 Å². The lowest BCUT2D eigenvalue weighted by molar-refractivity contribution is -0.458. The van der Waals surface area contributed by atoms with E-state index in [0.717, 1.165) is 0 Å². The van der Waals surface area contributed by atoms with Gasteiger partial charge in [0.2, 0.25) is 0 Å². The third-order valence-electron chi connectivity index (χ3n) is 6.78. The zero-order valence-corrected chi connectivity index (χ0v) is 27.9. The highest BCUT2D eigenvalue weighted by Gasteiger charge is 2.98. The molecule has 0 saturated heterocycles. The molecule has 0 spiro atoms. The van der Waals surface area contributed by atoms with Gasteiger partial charge in [-0.1, -0.05) is 0 Å². The predicted molar refractivity (Wildman–Crippen MR) is 116 cm³/mol. The molecular formula is C19H6F34O6S2. The zero-order valence-electron chi connectivity index (χ0n) is 26.2. The molecule has 0 aliphatic carbocycles. The smallest absolute Gasteiger partial charge is 0.265 e. The summed E-state index contributed by atoms with van der Waals surface area (Å²) in [5.74, 6) is -109. The lowest BCUT2D eigenvalue weighted by Crippen LogP contribution is -2.75. The third-order valence-corrected chi connectivity index (χ3v) is 9.50. The molecule has 42 heteroatoms. The van der Waals surface area contributed by atoms with Crippen LogP contribution in [0, 0.1) is 0 Å². The first-order valence-electron chi connectivity index (χ1n) is 12.9. The largest absolute Gasteiger partial charge is 0.460 e. The molecule has 0 radical (unpaired) electrons. The van der Waals surface area contributed by atoms with Gasteiger partial charge in [0.1, 0.15) is 0 Å². The summed E-state index contributed by atoms with van der Waals surface area (Å²) in [4.78, 5) is 0. The van der Waals surface area contributed by atoms with Crippen molar-refractivity contribution in [3.63, 3.8) is 0 Å². The third kappa shape index (κ3) is 7.70. The minimum atomic E-state index is -9.37. The number of hydrogen-bond acceptors (Lipinski definition) is 6. The van der Waals surface area contributed by atoms with E-state index in [2.05, 4.69) is 8.37 Å². The van der Waals surface area contributed by atoms with E-state index in [1.165, 1.54) is 0 Å². The van der Waals surface area contributed by atoms with Crippen LogP contribution in [0.3, 0.4) is 0 Å². The molecule has 0 atom stereocenters. The first kappa shape index (κ1) is 58.4. The van der Waals surface area contributed by atoms with Crippen LogP contribution in [0.4, 0.5) is 149 Å². The molecule has 0 aliphatic rings. The summed E-state index contributed by atoms with van der Waals surface area (Å²) in [7, 11) is -17.0. The maximum atomic E-state index is 13.9. The number of alkyl halides is 34. The first-order valence-corrected chi connectivity index (χ1v) is 15.7. The number of halogens is 34. The summed E-state index contributed by atoms with van der Waals surface area (Å²) in [6.07, 6.45) is -18.9. The standard InChI is InChI=1S/C19H6F34O6S2/c20-4(21,8(28,29)12(36,37)16(44,45)46)6(24,25)10(32,33)14(40,41)18(50,51)60(54,55)58-2-1-3-59-61(56,57)19(52,53)15(42,43)11(34,35)7(26,27)5(22,23)9(30,31)13(38,39)17(47,48)49/h1-3H2. The molecule has 0 aromatic carbocycles. The second-order valence-corrected chi connectivity index (χ2v) is 14.1. The van der Waals surface area contributed by atoms with Gasteiger partial charge in [0.25, 0.3) is 0 Å². The van der Waals surface area contributed by atoms with Crippen LogP contribution in [0.5, 0.6) is 0 Å². The minimum Gasteiger partial charge on any atom is -0.265 e. The lowest BCUT2D eigenvalue weighted by Gasteiger charge is -2.42. The summed E-state index contributed by atoms with van der Waals surface area (Å²) in [6.45, 7) is -5.94. The molecule has 61 heavy (non-hydrogen) atoms. The Morgan fingerprint density at radius 2 is 0.393 bits per heavy atom. The van der Waals surface area contributed by atoms with Crippen molar-refractivity contribution in [3.8, 4) is 0 Å². The average Bonchev–Trinajstić information content (AvgIpc) is 3.01. The van der Waals surface area contributed by atoms with E-state index in [9.17, 15) is 166 Å². The van der Waals surface area contributed by atoms with E-state index < -0.39 is 134 Å². The zero-order chi connectivity index (χ0) is 50.5. The molecule has 0 heterocycles. The van der Waals surface area contributed by atoms with Crippen LogP contribution in [-0.2, 0) is 28.6 Å². The average molecular weight is 1040 g/mol. The van der Waals surface area contributed by atoms with E-state index >= 15 is 0 Å². The van der Waals surface area contributed by atoms with E-state index in [0.29, 0.717) is 0 Å². The number of rotatable bonds is 20. The molecule has 0 bridgehead atoms. The van der Waals surface area contributed by atoms with Crippen LogP contribution in [0.15, 0.2) is 0 Å². The van der Waals surface area contributed by atoms with Crippen LogP contribution in [0.2, 0.25) is 0 Å². The highest BCUT2D eigenvalue weighted by atomic mass is 32.2. The predicted octanol–water partition coefficient (Wildman–Crippen LogP) is 10.0. The molecule has 0 amide bonds. The van der Waals surface area contributed by atoms with Crippen LogP contribution < -0.4 is 0 Å². The Kier molecular flexibility index (Phi) is 14.4. The fraction of sp³-hybridized carbons (Fsp3) is 1.00. The Bertz CT molecular complexity index is 1680. The van der Waals surface area contributed by atoms with Gasteiger partial charge in [0.15, 0.2) is 0 Å². The summed E-state index contributed by atoms with van der Waals surface area (Å²) >= 11 is 0. The SMILES string of the molecule is O=S(=O)(OCCCOS(=O)(=O)C(F)(F)C(F)(F)C(F)(F)C(F)(F)C(F)(F)C(F)(F)C(F)(F)C(F)(F)F)C(F)(F)C(F)(F)C(F)(F)C(F)(F)C(F)(F)C(F)(F)C(F)(F)C(F)(F)F. The molecular weight excluding hydrogens is 1030 g/mol. The van der Waals surface area contributed by atoms with Crippen molar-refractivity contribution in [1.82, 2.24) is 0 Å². The quantitative estimate of drug-likeness (QED) is 0.0686. The Labute approximate surface area is 309 Å². The molecule has 368 valence electrons. The van der Waals surface area contributed by atoms with Gasteiger partial charge in [-0.25, -0.2) is 0 Å². The topological polar surface area (TPSA) is 86.7 Å². The molecule has 0 aromatic rings. The Morgan fingerprint density at radius 3 is 0.557 bits per heavy atom. The van der Waals surface area contributed by atoms with Crippen LogP contribution in [-0.4, -0.2) is 124 Å². The Hall–Kier alpha value is -2.56. The normalized spacial score (nSPS) is 17.0. The summed E-state index contributed by atoms with van der Waals surface area (Å²) < 4.78 is 502. The second kappa shape index (κ2) is 15.0. The van der Waals surface area contributed by atoms with Crippen molar-refractivity contribution < 1.29 is 174 Å². The summed E-state index contributed by atoms with van der Waals surface area (Å²) in [6, 6.07) is 0. The van der Waals surface area contributed by atoms with Gasteiger partial charge in [-0.05, 0) is 6.42 Å². The van der Waals surface area contributed by atoms with Gasteiger partial charge < -0.3 is 0 Å². The van der Waals surface area contributed by atoms with Gasteiger partial charge in [-0.15, -0.1) is 0 Å². The van der Waals surface area contributed by atoms with Crippen molar-refractivity contribution in [2.75, 3.05) is 13.2 Å². The van der Waals surface area contributed by atoms with Crippen LogP contribution in [0.1, 0.15) is 6.42 Å².